The van der Waals surface area contributed by atoms with Crippen molar-refractivity contribution in [2.45, 2.75) is 39.2 Å². The maximum Gasteiger partial charge on any atom is 0.277 e. The molecule has 0 unspecified atom stereocenters. The highest BCUT2D eigenvalue weighted by atomic mass is 16.5. The fraction of sp³-hybridized carbons (Fsp3) is 0.429. The predicted octanol–water partition coefficient (Wildman–Crippen LogP) is 1.96. The van der Waals surface area contributed by atoms with Gasteiger partial charge in [-0.1, -0.05) is 0 Å². The van der Waals surface area contributed by atoms with Crippen molar-refractivity contribution in [1.29, 1.82) is 0 Å². The number of hydrogen-bond acceptors (Lipinski definition) is 6. The highest BCUT2D eigenvalue weighted by Crippen LogP contribution is 2.39. The van der Waals surface area contributed by atoms with Crippen molar-refractivity contribution < 1.29 is 14.3 Å². The number of likely N-dealkylation sites (tertiary alicyclic amines) is 1. The molecule has 3 heterocycles. The average molecular weight is 411 g/mol. The molecule has 2 aromatic heterocycles. The van der Waals surface area contributed by atoms with E-state index >= 15 is 0 Å². The van der Waals surface area contributed by atoms with E-state index in [4.69, 9.17) is 9.47 Å². The zero-order valence-electron chi connectivity index (χ0n) is 17.6. The average Bonchev–Trinajstić information content (AvgIpc) is 3.38. The van der Waals surface area contributed by atoms with Gasteiger partial charge in [-0.2, -0.15) is 9.50 Å². The van der Waals surface area contributed by atoms with Gasteiger partial charge in [-0.05, 0) is 44.9 Å². The molecule has 0 spiro atoms. The minimum absolute atomic E-state index is 0.0592. The number of amides is 1. The maximum atomic E-state index is 13.1. The van der Waals surface area contributed by atoms with Gasteiger partial charge in [-0.25, -0.2) is 4.98 Å². The molecule has 0 aliphatic carbocycles. The van der Waals surface area contributed by atoms with Crippen LogP contribution in [0.25, 0.3) is 5.78 Å². The monoisotopic (exact) mass is 411 g/mol. The Balaban J connectivity index is 1.61. The van der Waals surface area contributed by atoms with Crippen molar-refractivity contribution in [3.63, 3.8) is 0 Å². The quantitative estimate of drug-likeness (QED) is 0.689. The summed E-state index contributed by atoms with van der Waals surface area (Å²) in [5.41, 5.74) is 1.91. The Morgan fingerprint density at radius 3 is 2.77 bits per heavy atom. The topological polar surface area (TPSA) is 102 Å². The zero-order chi connectivity index (χ0) is 21.4. The molecule has 1 N–H and O–H groups in total. The van der Waals surface area contributed by atoms with Gasteiger partial charge >= 0.3 is 0 Å². The van der Waals surface area contributed by atoms with Gasteiger partial charge in [0.25, 0.3) is 11.3 Å². The lowest BCUT2D eigenvalue weighted by molar-refractivity contribution is -0.131. The van der Waals surface area contributed by atoms with E-state index < -0.39 is 0 Å². The Morgan fingerprint density at radius 2 is 2.03 bits per heavy atom. The van der Waals surface area contributed by atoms with E-state index in [0.717, 1.165) is 29.9 Å². The molecule has 1 aliphatic rings. The van der Waals surface area contributed by atoms with Crippen LogP contribution in [-0.4, -0.2) is 51.2 Å². The van der Waals surface area contributed by atoms with Gasteiger partial charge in [0.15, 0.2) is 0 Å². The molecule has 1 aromatic carbocycles. The normalized spacial score (nSPS) is 16.3. The largest absolute Gasteiger partial charge is 0.497 e. The third-order valence-corrected chi connectivity index (χ3v) is 5.70. The maximum absolute atomic E-state index is 13.1. The summed E-state index contributed by atoms with van der Waals surface area (Å²) in [4.78, 5) is 36.1. The number of hydrogen-bond donors (Lipinski definition) is 1. The molecule has 1 amide bonds. The molecule has 0 radical (unpaired) electrons. The van der Waals surface area contributed by atoms with Crippen LogP contribution in [0.1, 0.15) is 41.5 Å². The zero-order valence-corrected chi connectivity index (χ0v) is 17.6. The van der Waals surface area contributed by atoms with E-state index in [0.29, 0.717) is 23.6 Å². The van der Waals surface area contributed by atoms with E-state index in [1.54, 1.807) is 28.1 Å². The third kappa shape index (κ3) is 3.40. The molecule has 4 rings (SSSR count). The van der Waals surface area contributed by atoms with E-state index in [1.807, 2.05) is 23.1 Å². The van der Waals surface area contributed by atoms with Gasteiger partial charge in [0.1, 0.15) is 17.3 Å². The van der Waals surface area contributed by atoms with Crippen LogP contribution >= 0.6 is 0 Å². The molecular weight excluding hydrogens is 386 g/mol. The van der Waals surface area contributed by atoms with Gasteiger partial charge in [0.2, 0.25) is 5.91 Å². The number of rotatable bonds is 5. The second-order valence-electron chi connectivity index (χ2n) is 7.46. The molecule has 158 valence electrons. The summed E-state index contributed by atoms with van der Waals surface area (Å²) in [6.45, 7) is 4.15. The first-order valence-corrected chi connectivity index (χ1v) is 9.89. The Hall–Kier alpha value is -3.36. The minimum atomic E-state index is -0.205. The molecule has 1 atom stereocenters. The van der Waals surface area contributed by atoms with Crippen molar-refractivity contribution in [3.8, 4) is 11.5 Å². The molecule has 0 bridgehead atoms. The number of fused-ring (bicyclic) bond motifs is 1. The highest BCUT2D eigenvalue weighted by Gasteiger charge is 2.32. The number of benzene rings is 1. The van der Waals surface area contributed by atoms with Crippen LogP contribution in [-0.2, 0) is 11.2 Å². The molecule has 1 aliphatic heterocycles. The summed E-state index contributed by atoms with van der Waals surface area (Å²) in [7, 11) is 3.24. The first kappa shape index (κ1) is 19.9. The Labute approximate surface area is 173 Å². The van der Waals surface area contributed by atoms with E-state index in [9.17, 15) is 9.59 Å². The van der Waals surface area contributed by atoms with Crippen molar-refractivity contribution in [3.05, 3.63) is 51.2 Å². The number of nitrogens with zero attached hydrogens (tertiary/aromatic N) is 4. The highest BCUT2D eigenvalue weighted by molar-refractivity contribution is 5.79. The van der Waals surface area contributed by atoms with Crippen molar-refractivity contribution in [2.75, 3.05) is 20.8 Å². The molecular formula is C21H25N5O4. The lowest BCUT2D eigenvalue weighted by Crippen LogP contribution is -2.32. The number of carbonyl (C=O) groups is 1. The van der Waals surface area contributed by atoms with Crippen LogP contribution in [0.2, 0.25) is 0 Å². The van der Waals surface area contributed by atoms with Gasteiger partial charge in [0.05, 0.1) is 26.7 Å². The second kappa shape index (κ2) is 7.81. The van der Waals surface area contributed by atoms with E-state index in [2.05, 4.69) is 15.1 Å². The lowest BCUT2D eigenvalue weighted by Gasteiger charge is -2.26. The number of methoxy groups -OCH3 is 2. The first-order chi connectivity index (χ1) is 14.4. The second-order valence-corrected chi connectivity index (χ2v) is 7.46. The third-order valence-electron chi connectivity index (χ3n) is 5.70. The fourth-order valence-corrected chi connectivity index (χ4v) is 3.96. The van der Waals surface area contributed by atoms with Crippen molar-refractivity contribution in [1.82, 2.24) is 24.5 Å². The molecule has 30 heavy (non-hydrogen) atoms. The van der Waals surface area contributed by atoms with Crippen LogP contribution in [0.3, 0.4) is 0 Å². The van der Waals surface area contributed by atoms with Crippen molar-refractivity contribution in [2.24, 2.45) is 0 Å². The minimum Gasteiger partial charge on any atom is -0.497 e. The number of ether oxygens (including phenoxy) is 2. The molecule has 9 heteroatoms. The van der Waals surface area contributed by atoms with Gasteiger partial charge in [0, 0.05) is 23.4 Å². The van der Waals surface area contributed by atoms with Crippen LogP contribution < -0.4 is 15.0 Å². The van der Waals surface area contributed by atoms with Crippen LogP contribution in [0.15, 0.2) is 23.0 Å². The first-order valence-electron chi connectivity index (χ1n) is 9.89. The summed E-state index contributed by atoms with van der Waals surface area (Å²) < 4.78 is 12.2. The summed E-state index contributed by atoms with van der Waals surface area (Å²) in [6.07, 6.45) is 1.80. The van der Waals surface area contributed by atoms with Gasteiger partial charge in [-0.3, -0.25) is 14.7 Å². The van der Waals surface area contributed by atoms with Crippen LogP contribution in [0.5, 0.6) is 11.5 Å². The molecule has 1 saturated heterocycles. The standard InChI is InChI=1S/C21H25N5O4/c1-12-13(2)22-21-23-18(24-26(21)20(12)28)11-19(27)25-9-5-6-16(25)15-10-14(29-3)7-8-17(15)30-4/h7-8,10,16H,5-6,9,11H2,1-4H3,(H,22,23,24)/t16-/m1/s1. The van der Waals surface area contributed by atoms with Gasteiger partial charge in [-0.15, -0.1) is 0 Å². The van der Waals surface area contributed by atoms with Crippen molar-refractivity contribution >= 4 is 11.7 Å². The Morgan fingerprint density at radius 1 is 1.23 bits per heavy atom. The number of aryl methyl sites for hydroxylation is 1. The SMILES string of the molecule is COc1ccc(OC)c([C@H]2CCCN2C(=O)Cc2nc3nc(C)c(C)c(=O)n3[nH]2)c1. The number of nitrogens with one attached hydrogen (secondary N) is 1. The lowest BCUT2D eigenvalue weighted by atomic mass is 10.0. The summed E-state index contributed by atoms with van der Waals surface area (Å²) >= 11 is 0. The van der Waals surface area contributed by atoms with E-state index in [1.165, 1.54) is 4.52 Å². The summed E-state index contributed by atoms with van der Waals surface area (Å²) in [5.74, 6) is 2.07. The Bertz CT molecular complexity index is 1170. The number of aromatic nitrogens is 4. The Kier molecular flexibility index (Phi) is 5.19. The summed E-state index contributed by atoms with van der Waals surface area (Å²) in [5, 5.41) is 2.92. The predicted molar refractivity (Wildman–Crippen MR) is 110 cm³/mol. The van der Waals surface area contributed by atoms with E-state index in [-0.39, 0.29) is 29.7 Å². The molecule has 3 aromatic rings. The molecule has 9 nitrogen and oxygen atoms in total. The smallest absolute Gasteiger partial charge is 0.277 e. The van der Waals surface area contributed by atoms with Crippen LogP contribution in [0.4, 0.5) is 0 Å². The number of H-pyrrole nitrogens is 1. The van der Waals surface area contributed by atoms with Crippen LogP contribution in [0, 0.1) is 13.8 Å². The molecule has 1 fully saturated rings. The van der Waals surface area contributed by atoms with Gasteiger partial charge < -0.3 is 14.4 Å². The fourth-order valence-electron chi connectivity index (χ4n) is 3.96. The number of aromatic amines is 1. The summed E-state index contributed by atoms with van der Waals surface area (Å²) in [6, 6.07) is 5.52. The molecule has 0 saturated carbocycles. The number of carbonyl (C=O) groups excluding carboxylic acids is 1.